The van der Waals surface area contributed by atoms with Gasteiger partial charge in [-0.05, 0) is 18.9 Å². The second-order valence-electron chi connectivity index (χ2n) is 5.36. The van der Waals surface area contributed by atoms with E-state index in [1.807, 2.05) is 0 Å². The minimum Gasteiger partial charge on any atom is -0.391 e. The Bertz CT molecular complexity index is 569. The van der Waals surface area contributed by atoms with E-state index in [4.69, 9.17) is 11.6 Å². The van der Waals surface area contributed by atoms with Crippen LogP contribution in [0.2, 0.25) is 5.02 Å². The van der Waals surface area contributed by atoms with Gasteiger partial charge in [0, 0.05) is 32.3 Å². The maximum absolute atomic E-state index is 12.5. The van der Waals surface area contributed by atoms with Gasteiger partial charge in [0.1, 0.15) is 5.82 Å². The van der Waals surface area contributed by atoms with Gasteiger partial charge in [-0.2, -0.15) is 13.2 Å². The number of pyridine rings is 1. The van der Waals surface area contributed by atoms with Gasteiger partial charge in [0.05, 0.1) is 16.7 Å². The molecule has 1 amide bonds. The lowest BCUT2D eigenvalue weighted by Crippen LogP contribution is -2.42. The standard InChI is InChI=1S/C14H17ClF3N3O2/c15-11-6-9(14(16,17)18)7-20-13(11)19-4-3-12(23)21-5-1-2-10(22)8-21/h6-7,10,22H,1-5,8H2,(H,19,20). The summed E-state index contributed by atoms with van der Waals surface area (Å²) in [4.78, 5) is 17.2. The summed E-state index contributed by atoms with van der Waals surface area (Å²) in [6, 6.07) is 0.791. The molecule has 1 aliphatic rings. The first-order chi connectivity index (χ1) is 10.8. The molecule has 9 heteroatoms. The molecule has 1 fully saturated rings. The molecule has 1 unspecified atom stereocenters. The van der Waals surface area contributed by atoms with Crippen molar-refractivity contribution in [2.45, 2.75) is 31.5 Å². The number of aliphatic hydroxyl groups is 1. The van der Waals surface area contributed by atoms with Crippen LogP contribution >= 0.6 is 11.6 Å². The van der Waals surface area contributed by atoms with Crippen LogP contribution in [0.15, 0.2) is 12.3 Å². The summed E-state index contributed by atoms with van der Waals surface area (Å²) in [7, 11) is 0. The fourth-order valence-electron chi connectivity index (χ4n) is 2.35. The van der Waals surface area contributed by atoms with Crippen LogP contribution in [0.4, 0.5) is 19.0 Å². The van der Waals surface area contributed by atoms with Crippen LogP contribution in [-0.2, 0) is 11.0 Å². The van der Waals surface area contributed by atoms with E-state index < -0.39 is 17.8 Å². The van der Waals surface area contributed by atoms with E-state index in [-0.39, 0.29) is 29.7 Å². The number of hydrogen-bond acceptors (Lipinski definition) is 4. The molecular weight excluding hydrogens is 335 g/mol. The van der Waals surface area contributed by atoms with Crippen molar-refractivity contribution in [3.05, 3.63) is 22.8 Å². The molecule has 1 aliphatic heterocycles. The maximum Gasteiger partial charge on any atom is 0.417 e. The number of nitrogens with zero attached hydrogens (tertiary/aromatic N) is 2. The van der Waals surface area contributed by atoms with Gasteiger partial charge in [0.2, 0.25) is 5.91 Å². The van der Waals surface area contributed by atoms with Crippen LogP contribution in [0.25, 0.3) is 0 Å². The van der Waals surface area contributed by atoms with Crippen molar-refractivity contribution in [1.82, 2.24) is 9.88 Å². The predicted octanol–water partition coefficient (Wildman–Crippen LogP) is 2.54. The normalized spacial score (nSPS) is 18.8. The Morgan fingerprint density at radius 2 is 2.26 bits per heavy atom. The quantitative estimate of drug-likeness (QED) is 0.875. The number of carbonyl (C=O) groups excluding carboxylic acids is 1. The highest BCUT2D eigenvalue weighted by Gasteiger charge is 2.31. The van der Waals surface area contributed by atoms with Crippen LogP contribution in [0.5, 0.6) is 0 Å². The Hall–Kier alpha value is -1.54. The maximum atomic E-state index is 12.5. The molecule has 2 rings (SSSR count). The van der Waals surface area contributed by atoms with E-state index in [0.717, 1.165) is 12.5 Å². The fraction of sp³-hybridized carbons (Fsp3) is 0.571. The topological polar surface area (TPSA) is 65.5 Å². The van der Waals surface area contributed by atoms with Gasteiger partial charge < -0.3 is 15.3 Å². The molecule has 1 saturated heterocycles. The van der Waals surface area contributed by atoms with E-state index in [1.54, 1.807) is 4.90 Å². The summed E-state index contributed by atoms with van der Waals surface area (Å²) in [6.07, 6.45) is -2.71. The molecule has 1 aromatic heterocycles. The zero-order valence-electron chi connectivity index (χ0n) is 12.2. The van der Waals surface area contributed by atoms with Gasteiger partial charge >= 0.3 is 6.18 Å². The number of aromatic nitrogens is 1. The molecule has 1 atom stereocenters. The Morgan fingerprint density at radius 1 is 1.52 bits per heavy atom. The second kappa shape index (κ2) is 7.35. The first kappa shape index (κ1) is 17.8. The highest BCUT2D eigenvalue weighted by molar-refractivity contribution is 6.32. The third kappa shape index (κ3) is 4.97. The molecule has 0 saturated carbocycles. The van der Waals surface area contributed by atoms with Crippen LogP contribution in [-0.4, -0.2) is 46.6 Å². The Morgan fingerprint density at radius 3 is 2.87 bits per heavy atom. The Balaban J connectivity index is 1.85. The third-order valence-corrected chi connectivity index (χ3v) is 3.84. The molecular formula is C14H17ClF3N3O2. The Kier molecular flexibility index (Phi) is 5.69. The van der Waals surface area contributed by atoms with Gasteiger partial charge in [0.15, 0.2) is 0 Å². The van der Waals surface area contributed by atoms with Crippen molar-refractivity contribution >= 4 is 23.3 Å². The van der Waals surface area contributed by atoms with Crippen molar-refractivity contribution in [1.29, 1.82) is 0 Å². The van der Waals surface area contributed by atoms with E-state index in [0.29, 0.717) is 25.7 Å². The number of carbonyl (C=O) groups is 1. The number of halogens is 4. The summed E-state index contributed by atoms with van der Waals surface area (Å²) >= 11 is 5.77. The number of likely N-dealkylation sites (tertiary alicyclic amines) is 1. The number of aliphatic hydroxyl groups excluding tert-OH is 1. The van der Waals surface area contributed by atoms with Gasteiger partial charge in [-0.1, -0.05) is 11.6 Å². The fourth-order valence-corrected chi connectivity index (χ4v) is 2.58. The van der Waals surface area contributed by atoms with Crippen molar-refractivity contribution in [3.63, 3.8) is 0 Å². The zero-order valence-corrected chi connectivity index (χ0v) is 13.0. The molecule has 2 heterocycles. The molecule has 23 heavy (non-hydrogen) atoms. The smallest absolute Gasteiger partial charge is 0.391 e. The Labute approximate surface area is 136 Å². The van der Waals surface area contributed by atoms with Crippen molar-refractivity contribution in [2.24, 2.45) is 0 Å². The number of alkyl halides is 3. The summed E-state index contributed by atoms with van der Waals surface area (Å²) in [5.41, 5.74) is -0.925. The highest BCUT2D eigenvalue weighted by Crippen LogP contribution is 2.32. The average molecular weight is 352 g/mol. The number of β-amino-alcohol motifs (C(OH)–C–C–N with tert-alkyl or cyclic N) is 1. The largest absolute Gasteiger partial charge is 0.417 e. The minimum absolute atomic E-state index is 0.103. The second-order valence-corrected chi connectivity index (χ2v) is 5.77. The summed E-state index contributed by atoms with van der Waals surface area (Å²) in [5, 5.41) is 12.1. The number of hydrogen-bond donors (Lipinski definition) is 2. The van der Waals surface area contributed by atoms with Gasteiger partial charge in [-0.3, -0.25) is 4.79 Å². The van der Waals surface area contributed by atoms with Gasteiger partial charge in [0.25, 0.3) is 0 Å². The minimum atomic E-state index is -4.50. The van der Waals surface area contributed by atoms with Crippen LogP contribution < -0.4 is 5.32 Å². The first-order valence-electron chi connectivity index (χ1n) is 7.20. The molecule has 0 bridgehead atoms. The molecule has 1 aromatic rings. The van der Waals surface area contributed by atoms with Gasteiger partial charge in [-0.15, -0.1) is 0 Å². The summed E-state index contributed by atoms with van der Waals surface area (Å²) in [6.45, 7) is 1.12. The average Bonchev–Trinajstić information content (AvgIpc) is 2.47. The van der Waals surface area contributed by atoms with E-state index in [1.165, 1.54) is 0 Å². The zero-order chi connectivity index (χ0) is 17.0. The number of anilines is 1. The molecule has 128 valence electrons. The SMILES string of the molecule is O=C(CCNc1ncc(C(F)(F)F)cc1Cl)N1CCCC(O)C1. The van der Waals surface area contributed by atoms with E-state index in [9.17, 15) is 23.1 Å². The number of nitrogens with one attached hydrogen (secondary N) is 1. The van der Waals surface area contributed by atoms with Crippen molar-refractivity contribution < 1.29 is 23.1 Å². The van der Waals surface area contributed by atoms with Gasteiger partial charge in [-0.25, -0.2) is 4.98 Å². The van der Waals surface area contributed by atoms with E-state index >= 15 is 0 Å². The van der Waals surface area contributed by atoms with Crippen LogP contribution in [0.1, 0.15) is 24.8 Å². The van der Waals surface area contributed by atoms with E-state index in [2.05, 4.69) is 10.3 Å². The third-order valence-electron chi connectivity index (χ3n) is 3.55. The number of rotatable bonds is 4. The molecule has 0 aliphatic carbocycles. The lowest BCUT2D eigenvalue weighted by atomic mass is 10.1. The monoisotopic (exact) mass is 351 g/mol. The lowest BCUT2D eigenvalue weighted by molar-refractivity contribution is -0.137. The summed E-state index contributed by atoms with van der Waals surface area (Å²) < 4.78 is 37.5. The van der Waals surface area contributed by atoms with Crippen LogP contribution in [0.3, 0.4) is 0 Å². The number of amides is 1. The van der Waals surface area contributed by atoms with Crippen LogP contribution in [0, 0.1) is 0 Å². The molecule has 2 N–H and O–H groups in total. The molecule has 5 nitrogen and oxygen atoms in total. The first-order valence-corrected chi connectivity index (χ1v) is 7.57. The highest BCUT2D eigenvalue weighted by atomic mass is 35.5. The number of piperidine rings is 1. The predicted molar refractivity (Wildman–Crippen MR) is 79.2 cm³/mol. The summed E-state index contributed by atoms with van der Waals surface area (Å²) in [5.74, 6) is -0.0228. The molecule has 0 radical (unpaired) electrons. The van der Waals surface area contributed by atoms with Crippen molar-refractivity contribution in [2.75, 3.05) is 25.0 Å². The lowest BCUT2D eigenvalue weighted by Gasteiger charge is -2.30. The van der Waals surface area contributed by atoms with Crippen molar-refractivity contribution in [3.8, 4) is 0 Å². The molecule has 0 spiro atoms. The molecule has 0 aromatic carbocycles.